The minimum atomic E-state index is -3.97. The molecule has 158 valence electrons. The smallest absolute Gasteiger partial charge is 0.261 e. The third-order valence-electron chi connectivity index (χ3n) is 4.66. The Balaban J connectivity index is 1.49. The predicted molar refractivity (Wildman–Crippen MR) is 116 cm³/mol. The van der Waals surface area contributed by atoms with Crippen LogP contribution in [0.1, 0.15) is 15.2 Å². The van der Waals surface area contributed by atoms with E-state index in [9.17, 15) is 17.6 Å². The number of nitrogens with zero attached hydrogens (tertiary/aromatic N) is 1. The molecular formula is C22H17FN2O4S2. The molecule has 0 aliphatic carbocycles. The number of benzene rings is 2. The molecule has 0 fully saturated rings. The normalized spacial score (nSPS) is 11.4. The number of methoxy groups -OCH3 is 1. The zero-order valence-electron chi connectivity index (χ0n) is 16.3. The van der Waals surface area contributed by atoms with Crippen molar-refractivity contribution in [2.24, 2.45) is 0 Å². The van der Waals surface area contributed by atoms with Gasteiger partial charge in [0.2, 0.25) is 9.84 Å². The summed E-state index contributed by atoms with van der Waals surface area (Å²) in [5.41, 5.74) is 0.723. The summed E-state index contributed by atoms with van der Waals surface area (Å²) in [6.45, 7) is 0.231. The van der Waals surface area contributed by atoms with Gasteiger partial charge in [0.15, 0.2) is 11.6 Å². The second-order valence-corrected chi connectivity index (χ2v) is 9.63. The highest BCUT2D eigenvalue weighted by molar-refractivity contribution is 7.91. The van der Waals surface area contributed by atoms with Crippen molar-refractivity contribution in [2.75, 3.05) is 7.11 Å². The summed E-state index contributed by atoms with van der Waals surface area (Å²) < 4.78 is 45.6. The number of sulfone groups is 1. The number of carbonyl (C=O) groups is 1. The first-order chi connectivity index (χ1) is 14.9. The van der Waals surface area contributed by atoms with Crippen LogP contribution in [-0.4, -0.2) is 26.4 Å². The number of amides is 1. The van der Waals surface area contributed by atoms with E-state index >= 15 is 0 Å². The Bertz CT molecular complexity index is 1330. The zero-order valence-corrected chi connectivity index (χ0v) is 18.0. The lowest BCUT2D eigenvalue weighted by Gasteiger charge is -2.11. The Hall–Kier alpha value is -3.30. The number of aromatic nitrogens is 1. The van der Waals surface area contributed by atoms with E-state index in [-0.39, 0.29) is 28.0 Å². The molecule has 9 heteroatoms. The number of ether oxygens (including phenoxy) is 1. The van der Waals surface area contributed by atoms with Gasteiger partial charge in [-0.05, 0) is 47.3 Å². The van der Waals surface area contributed by atoms with Crippen LogP contribution >= 0.6 is 11.3 Å². The van der Waals surface area contributed by atoms with Crippen molar-refractivity contribution in [3.05, 3.63) is 83.2 Å². The fourth-order valence-corrected chi connectivity index (χ4v) is 5.45. The topological polar surface area (TPSA) is 85.4 Å². The maximum Gasteiger partial charge on any atom is 0.261 e. The van der Waals surface area contributed by atoms with Crippen molar-refractivity contribution in [1.82, 2.24) is 10.3 Å². The highest BCUT2D eigenvalue weighted by Crippen LogP contribution is 2.31. The van der Waals surface area contributed by atoms with Crippen molar-refractivity contribution in [3.8, 4) is 5.75 Å². The monoisotopic (exact) mass is 456 g/mol. The molecule has 2 aromatic heterocycles. The summed E-state index contributed by atoms with van der Waals surface area (Å²) >= 11 is 1.35. The fraction of sp³-hybridized carbons (Fsp3) is 0.0909. The molecule has 0 unspecified atom stereocenters. The number of thiophene rings is 1. The molecule has 2 heterocycles. The summed E-state index contributed by atoms with van der Waals surface area (Å²) in [6, 6.07) is 13.5. The summed E-state index contributed by atoms with van der Waals surface area (Å²) in [5.74, 6) is -1.29. The van der Waals surface area contributed by atoms with Crippen LogP contribution in [-0.2, 0) is 16.4 Å². The Labute approximate surface area is 182 Å². The van der Waals surface area contributed by atoms with Gasteiger partial charge in [-0.3, -0.25) is 9.78 Å². The van der Waals surface area contributed by atoms with Gasteiger partial charge in [-0.15, -0.1) is 11.3 Å². The van der Waals surface area contributed by atoms with E-state index in [0.717, 1.165) is 21.7 Å². The van der Waals surface area contributed by atoms with Crippen molar-refractivity contribution in [3.63, 3.8) is 0 Å². The number of fused-ring (bicyclic) bond motifs is 1. The van der Waals surface area contributed by atoms with Crippen molar-refractivity contribution < 1.29 is 22.3 Å². The lowest BCUT2D eigenvalue weighted by atomic mass is 10.2. The molecule has 2 aromatic carbocycles. The molecule has 0 aliphatic heterocycles. The van der Waals surface area contributed by atoms with Crippen LogP contribution in [0.3, 0.4) is 0 Å². The van der Waals surface area contributed by atoms with Crippen molar-refractivity contribution in [1.29, 1.82) is 0 Å². The lowest BCUT2D eigenvalue weighted by molar-refractivity contribution is 0.0955. The van der Waals surface area contributed by atoms with Gasteiger partial charge in [0.05, 0.1) is 21.6 Å². The SMILES string of the molecule is COc1c(F)cccc1S(=O)(=O)c1ccc(CNC(=O)c2cc3ccncc3s2)cc1. The first-order valence-electron chi connectivity index (χ1n) is 9.18. The zero-order chi connectivity index (χ0) is 22.0. The molecule has 0 bridgehead atoms. The second-order valence-electron chi connectivity index (χ2n) is 6.63. The lowest BCUT2D eigenvalue weighted by Crippen LogP contribution is -2.21. The summed E-state index contributed by atoms with van der Waals surface area (Å²) in [5, 5.41) is 3.78. The summed E-state index contributed by atoms with van der Waals surface area (Å²) in [6.07, 6.45) is 3.38. The van der Waals surface area contributed by atoms with Gasteiger partial charge >= 0.3 is 0 Å². The molecule has 0 saturated heterocycles. The molecule has 0 saturated carbocycles. The molecular weight excluding hydrogens is 439 g/mol. The Morgan fingerprint density at radius 1 is 1.16 bits per heavy atom. The Kier molecular flexibility index (Phi) is 5.71. The van der Waals surface area contributed by atoms with Crippen LogP contribution in [0.25, 0.3) is 10.1 Å². The van der Waals surface area contributed by atoms with Crippen molar-refractivity contribution >= 4 is 37.2 Å². The first kappa shape index (κ1) is 21.0. The number of rotatable bonds is 6. The number of pyridine rings is 1. The second kappa shape index (κ2) is 8.44. The van der Waals surface area contributed by atoms with Gasteiger partial charge in [0.1, 0.15) is 4.90 Å². The van der Waals surface area contributed by atoms with E-state index in [2.05, 4.69) is 10.3 Å². The van der Waals surface area contributed by atoms with E-state index in [4.69, 9.17) is 4.74 Å². The van der Waals surface area contributed by atoms with Crippen LogP contribution in [0.4, 0.5) is 4.39 Å². The van der Waals surface area contributed by atoms with Crippen LogP contribution in [0.2, 0.25) is 0 Å². The predicted octanol–water partition coefficient (Wildman–Crippen LogP) is 4.21. The average Bonchev–Trinajstić information content (AvgIpc) is 3.22. The molecule has 0 atom stereocenters. The maximum atomic E-state index is 13.9. The Morgan fingerprint density at radius 3 is 2.65 bits per heavy atom. The summed E-state index contributed by atoms with van der Waals surface area (Å²) in [4.78, 5) is 16.8. The fourth-order valence-electron chi connectivity index (χ4n) is 3.08. The van der Waals surface area contributed by atoms with Crippen LogP contribution in [0, 0.1) is 5.82 Å². The summed E-state index contributed by atoms with van der Waals surface area (Å²) in [7, 11) is -2.75. The van der Waals surface area contributed by atoms with Gasteiger partial charge in [0.25, 0.3) is 5.91 Å². The van der Waals surface area contributed by atoms with Gasteiger partial charge in [-0.2, -0.15) is 0 Å². The van der Waals surface area contributed by atoms with E-state index in [0.29, 0.717) is 4.88 Å². The largest absolute Gasteiger partial charge is 0.492 e. The van der Waals surface area contributed by atoms with Crippen molar-refractivity contribution in [2.45, 2.75) is 16.3 Å². The number of nitrogens with one attached hydrogen (secondary N) is 1. The van der Waals surface area contributed by atoms with Gasteiger partial charge in [-0.25, -0.2) is 12.8 Å². The van der Waals surface area contributed by atoms with Gasteiger partial charge in [0, 0.05) is 18.9 Å². The molecule has 4 rings (SSSR count). The highest BCUT2D eigenvalue weighted by atomic mass is 32.2. The molecule has 6 nitrogen and oxygen atoms in total. The highest BCUT2D eigenvalue weighted by Gasteiger charge is 2.24. The number of halogens is 1. The van der Waals surface area contributed by atoms with E-state index in [1.54, 1.807) is 30.6 Å². The number of hydrogen-bond donors (Lipinski definition) is 1. The maximum absolute atomic E-state index is 13.9. The number of hydrogen-bond acceptors (Lipinski definition) is 6. The molecule has 4 aromatic rings. The van der Waals surface area contributed by atoms with E-state index in [1.165, 1.54) is 42.7 Å². The average molecular weight is 457 g/mol. The Morgan fingerprint density at radius 2 is 1.94 bits per heavy atom. The van der Waals surface area contributed by atoms with Crippen LogP contribution < -0.4 is 10.1 Å². The van der Waals surface area contributed by atoms with Crippen LogP contribution in [0.5, 0.6) is 5.75 Å². The van der Waals surface area contributed by atoms with Gasteiger partial charge < -0.3 is 10.1 Å². The minimum absolute atomic E-state index is 0.00322. The van der Waals surface area contributed by atoms with Gasteiger partial charge in [-0.1, -0.05) is 18.2 Å². The third kappa shape index (κ3) is 4.14. The molecule has 1 N–H and O–H groups in total. The standard InChI is InChI=1S/C22H17FN2O4S2/c1-29-21-17(23)3-2-4-20(21)31(27,28)16-7-5-14(6-8-16)12-25-22(26)18-11-15-9-10-24-13-19(15)30-18/h2-11,13H,12H2,1H3,(H,25,26). The van der Waals surface area contributed by atoms with E-state index in [1.807, 2.05) is 6.07 Å². The number of carbonyl (C=O) groups excluding carboxylic acids is 1. The molecule has 31 heavy (non-hydrogen) atoms. The minimum Gasteiger partial charge on any atom is -0.492 e. The first-order valence-corrected chi connectivity index (χ1v) is 11.5. The quantitative estimate of drug-likeness (QED) is 0.470. The molecule has 1 amide bonds. The number of para-hydroxylation sites is 1. The van der Waals surface area contributed by atoms with E-state index < -0.39 is 15.7 Å². The third-order valence-corrected chi connectivity index (χ3v) is 7.54. The van der Waals surface area contributed by atoms with Crippen LogP contribution in [0.15, 0.2) is 76.8 Å². The molecule has 0 radical (unpaired) electrons. The molecule has 0 spiro atoms. The molecule has 0 aliphatic rings.